The van der Waals surface area contributed by atoms with Gasteiger partial charge in [0, 0.05) is 0 Å². The van der Waals surface area contributed by atoms with Crippen LogP contribution < -0.4 is 10.6 Å². The Balaban J connectivity index is 1.84. The number of ketones is 1. The lowest BCUT2D eigenvalue weighted by atomic mass is 10.0. The first-order valence-electron chi connectivity index (χ1n) is 7.76. The Morgan fingerprint density at radius 1 is 1.17 bits per heavy atom. The van der Waals surface area contributed by atoms with Gasteiger partial charge in [0.2, 0.25) is 0 Å². The van der Waals surface area contributed by atoms with Gasteiger partial charge >= 0.3 is 0 Å². The van der Waals surface area contributed by atoms with Crippen molar-refractivity contribution in [2.45, 2.75) is 32.4 Å². The van der Waals surface area contributed by atoms with Crippen molar-refractivity contribution in [3.63, 3.8) is 0 Å². The minimum atomic E-state index is -0.489. The van der Waals surface area contributed by atoms with Crippen molar-refractivity contribution in [2.24, 2.45) is 0 Å². The molecular formula is C18H23N2O3+. The quantitative estimate of drug-likeness (QED) is 0.769. The van der Waals surface area contributed by atoms with Crippen LogP contribution in [0.25, 0.3) is 0 Å². The molecule has 0 unspecified atom stereocenters. The van der Waals surface area contributed by atoms with Gasteiger partial charge in [-0.3, -0.25) is 9.59 Å². The number of Topliss-reactive ketones (excluding diaryl/α,β-unsaturated/α-hetero) is 1. The summed E-state index contributed by atoms with van der Waals surface area (Å²) in [5, 5.41) is 4.70. The number of hydrogen-bond donors (Lipinski definition) is 2. The van der Waals surface area contributed by atoms with Crippen molar-refractivity contribution in [1.29, 1.82) is 0 Å². The van der Waals surface area contributed by atoms with E-state index >= 15 is 0 Å². The summed E-state index contributed by atoms with van der Waals surface area (Å²) in [6.07, 6.45) is 2.13. The molecule has 2 atom stereocenters. The molecule has 23 heavy (non-hydrogen) atoms. The Morgan fingerprint density at radius 3 is 2.52 bits per heavy atom. The number of hydrogen-bond acceptors (Lipinski definition) is 3. The standard InChI is InChI=1S/C18H22N2O3/c1-13(17-9-6-10-23-17)19-12-18(22)20-16(14(2)21)11-15-7-4-3-5-8-15/h3-10,13,16,19H,11-12H2,1-2H3,(H,20,22)/p+1/t13-,16-/m0/s1. The molecule has 2 aromatic rings. The predicted molar refractivity (Wildman–Crippen MR) is 86.7 cm³/mol. The van der Waals surface area contributed by atoms with Gasteiger partial charge < -0.3 is 15.1 Å². The van der Waals surface area contributed by atoms with Gasteiger partial charge in [-0.25, -0.2) is 0 Å². The highest BCUT2D eigenvalue weighted by Crippen LogP contribution is 2.07. The molecular weight excluding hydrogens is 292 g/mol. The number of nitrogens with one attached hydrogen (secondary N) is 1. The van der Waals surface area contributed by atoms with Gasteiger partial charge in [-0.15, -0.1) is 0 Å². The van der Waals surface area contributed by atoms with Crippen molar-refractivity contribution in [3.8, 4) is 0 Å². The van der Waals surface area contributed by atoms with Gasteiger partial charge in [0.1, 0.15) is 6.04 Å². The third-order valence-corrected chi connectivity index (χ3v) is 3.76. The van der Waals surface area contributed by atoms with E-state index in [-0.39, 0.29) is 24.3 Å². The van der Waals surface area contributed by atoms with E-state index in [2.05, 4.69) is 5.32 Å². The van der Waals surface area contributed by atoms with Crippen LogP contribution in [0.15, 0.2) is 53.1 Å². The van der Waals surface area contributed by atoms with Crippen LogP contribution in [0.4, 0.5) is 0 Å². The Hall–Kier alpha value is -2.40. The summed E-state index contributed by atoms with van der Waals surface area (Å²) in [6.45, 7) is 3.72. The number of furan rings is 1. The monoisotopic (exact) mass is 315 g/mol. The highest BCUT2D eigenvalue weighted by molar-refractivity contribution is 5.88. The first-order valence-corrected chi connectivity index (χ1v) is 7.76. The summed E-state index contributed by atoms with van der Waals surface area (Å²) < 4.78 is 5.31. The summed E-state index contributed by atoms with van der Waals surface area (Å²) in [4.78, 5) is 23.9. The summed E-state index contributed by atoms with van der Waals surface area (Å²) in [7, 11) is 0. The zero-order valence-corrected chi connectivity index (χ0v) is 13.5. The fraction of sp³-hybridized carbons (Fsp3) is 0.333. The van der Waals surface area contributed by atoms with Crippen LogP contribution in [0.5, 0.6) is 0 Å². The van der Waals surface area contributed by atoms with E-state index in [0.29, 0.717) is 6.42 Å². The molecule has 0 aliphatic rings. The molecule has 0 aliphatic carbocycles. The van der Waals surface area contributed by atoms with E-state index in [9.17, 15) is 9.59 Å². The molecule has 1 aromatic carbocycles. The van der Waals surface area contributed by atoms with Gasteiger partial charge in [-0.05, 0) is 38.0 Å². The molecule has 2 rings (SSSR count). The van der Waals surface area contributed by atoms with Gasteiger partial charge in [-0.1, -0.05) is 30.3 Å². The van der Waals surface area contributed by atoms with Crippen molar-refractivity contribution in [2.75, 3.05) is 6.54 Å². The second-order valence-corrected chi connectivity index (χ2v) is 5.66. The molecule has 1 amide bonds. The summed E-state index contributed by atoms with van der Waals surface area (Å²) in [6, 6.07) is 13.0. The van der Waals surface area contributed by atoms with Crippen molar-refractivity contribution in [1.82, 2.24) is 5.32 Å². The maximum Gasteiger partial charge on any atom is 0.275 e. The molecule has 0 saturated carbocycles. The molecule has 3 N–H and O–H groups in total. The van der Waals surface area contributed by atoms with Crippen LogP contribution in [-0.2, 0) is 16.0 Å². The average molecular weight is 315 g/mol. The van der Waals surface area contributed by atoms with Crippen LogP contribution in [0, 0.1) is 0 Å². The highest BCUT2D eigenvalue weighted by Gasteiger charge is 2.20. The summed E-state index contributed by atoms with van der Waals surface area (Å²) in [5.74, 6) is 0.631. The van der Waals surface area contributed by atoms with Gasteiger partial charge in [0.15, 0.2) is 18.1 Å². The van der Waals surface area contributed by atoms with Crippen molar-refractivity contribution < 1.29 is 19.3 Å². The molecule has 122 valence electrons. The maximum atomic E-state index is 12.1. The van der Waals surface area contributed by atoms with E-state index in [0.717, 1.165) is 11.3 Å². The smallest absolute Gasteiger partial charge is 0.275 e. The normalized spacial score (nSPS) is 13.3. The lowest BCUT2D eigenvalue weighted by Crippen LogP contribution is -2.87. The number of carbonyl (C=O) groups excluding carboxylic acids is 2. The second-order valence-electron chi connectivity index (χ2n) is 5.66. The Morgan fingerprint density at radius 2 is 1.91 bits per heavy atom. The molecule has 0 spiro atoms. The SMILES string of the molecule is CC(=O)[C@H](Cc1ccccc1)NC(=O)C[NH2+][C@@H](C)c1ccco1. The number of carbonyl (C=O) groups is 2. The summed E-state index contributed by atoms with van der Waals surface area (Å²) in [5.41, 5.74) is 1.03. The third-order valence-electron chi connectivity index (χ3n) is 3.76. The Bertz CT molecular complexity index is 623. The van der Waals surface area contributed by atoms with Crippen LogP contribution in [0.2, 0.25) is 0 Å². The Labute approximate surface area is 136 Å². The van der Waals surface area contributed by atoms with E-state index in [4.69, 9.17) is 4.42 Å². The maximum absolute atomic E-state index is 12.1. The van der Waals surface area contributed by atoms with E-state index in [1.54, 1.807) is 6.26 Å². The van der Waals surface area contributed by atoms with E-state index in [1.807, 2.05) is 54.7 Å². The molecule has 5 heteroatoms. The number of amides is 1. The number of benzene rings is 1. The fourth-order valence-corrected chi connectivity index (χ4v) is 2.35. The highest BCUT2D eigenvalue weighted by atomic mass is 16.3. The predicted octanol–water partition coefficient (Wildman–Crippen LogP) is 1.22. The van der Waals surface area contributed by atoms with Crippen LogP contribution >= 0.6 is 0 Å². The summed E-state index contributed by atoms with van der Waals surface area (Å²) >= 11 is 0. The third kappa shape index (κ3) is 5.38. The van der Waals surface area contributed by atoms with E-state index in [1.165, 1.54) is 6.92 Å². The second kappa shape index (κ2) is 8.29. The molecule has 1 aromatic heterocycles. The lowest BCUT2D eigenvalue weighted by Gasteiger charge is -2.16. The minimum absolute atomic E-state index is 0.0405. The van der Waals surface area contributed by atoms with Gasteiger partial charge in [0.05, 0.1) is 12.3 Å². The Kier molecular flexibility index (Phi) is 6.11. The number of rotatable bonds is 8. The number of nitrogens with two attached hydrogens (primary N) is 1. The molecule has 0 fully saturated rings. The zero-order chi connectivity index (χ0) is 16.7. The molecule has 5 nitrogen and oxygen atoms in total. The van der Waals surface area contributed by atoms with Crippen LogP contribution in [0.1, 0.15) is 31.2 Å². The van der Waals surface area contributed by atoms with Crippen molar-refractivity contribution >= 4 is 11.7 Å². The molecule has 1 heterocycles. The first-order chi connectivity index (χ1) is 11.1. The van der Waals surface area contributed by atoms with Crippen LogP contribution in [0.3, 0.4) is 0 Å². The first kappa shape index (κ1) is 17.0. The van der Waals surface area contributed by atoms with Gasteiger partial charge in [0.25, 0.3) is 5.91 Å². The number of quaternary nitrogens is 1. The lowest BCUT2D eigenvalue weighted by molar-refractivity contribution is -0.684. The zero-order valence-electron chi connectivity index (χ0n) is 13.5. The largest absolute Gasteiger partial charge is 0.463 e. The van der Waals surface area contributed by atoms with Gasteiger partial charge in [-0.2, -0.15) is 0 Å². The molecule has 0 saturated heterocycles. The topological polar surface area (TPSA) is 75.9 Å². The van der Waals surface area contributed by atoms with E-state index < -0.39 is 6.04 Å². The molecule has 0 radical (unpaired) electrons. The van der Waals surface area contributed by atoms with Crippen molar-refractivity contribution in [3.05, 3.63) is 60.1 Å². The fourth-order valence-electron chi connectivity index (χ4n) is 2.35. The molecule has 0 aliphatic heterocycles. The average Bonchev–Trinajstić information content (AvgIpc) is 3.07. The molecule has 0 bridgehead atoms. The minimum Gasteiger partial charge on any atom is -0.463 e. The van der Waals surface area contributed by atoms with Crippen LogP contribution in [-0.4, -0.2) is 24.3 Å².